The van der Waals surface area contributed by atoms with Crippen LogP contribution >= 0.6 is 0 Å². The third-order valence-electron chi connectivity index (χ3n) is 8.28. The number of likely N-dealkylation sites (tertiary alicyclic amines) is 1. The van der Waals surface area contributed by atoms with Crippen LogP contribution in [0.1, 0.15) is 63.2 Å². The minimum atomic E-state index is -3.71. The van der Waals surface area contributed by atoms with Gasteiger partial charge in [-0.3, -0.25) is 9.59 Å². The van der Waals surface area contributed by atoms with Gasteiger partial charge in [-0.2, -0.15) is 0 Å². The van der Waals surface area contributed by atoms with Crippen molar-refractivity contribution < 1.29 is 22.7 Å². The van der Waals surface area contributed by atoms with E-state index in [0.29, 0.717) is 35.9 Å². The van der Waals surface area contributed by atoms with Gasteiger partial charge in [0.2, 0.25) is 0 Å². The summed E-state index contributed by atoms with van der Waals surface area (Å²) in [4.78, 5) is 37.6. The molecule has 2 aliphatic rings. The maximum atomic E-state index is 13.8. The minimum absolute atomic E-state index is 0.0193. The highest BCUT2D eigenvalue weighted by atomic mass is 32.2. The van der Waals surface area contributed by atoms with Crippen LogP contribution in [-0.4, -0.2) is 69.2 Å². The van der Waals surface area contributed by atoms with Gasteiger partial charge in [-0.25, -0.2) is 18.4 Å². The fourth-order valence-corrected chi connectivity index (χ4v) is 7.11. The van der Waals surface area contributed by atoms with E-state index in [1.54, 1.807) is 17.2 Å². The van der Waals surface area contributed by atoms with Gasteiger partial charge in [0.05, 0.1) is 28.0 Å². The predicted molar refractivity (Wildman–Crippen MR) is 164 cm³/mol. The van der Waals surface area contributed by atoms with Crippen LogP contribution in [0.5, 0.6) is 0 Å². The average molecular weight is 606 g/mol. The molecular formula is C32H39N5O5S. The highest BCUT2D eigenvalue weighted by Crippen LogP contribution is 2.37. The van der Waals surface area contributed by atoms with Crippen molar-refractivity contribution in [2.24, 2.45) is 18.9 Å². The van der Waals surface area contributed by atoms with E-state index < -0.39 is 15.4 Å². The summed E-state index contributed by atoms with van der Waals surface area (Å²) in [7, 11) is -1.89. The van der Waals surface area contributed by atoms with Crippen LogP contribution in [-0.2, 0) is 33.0 Å². The Morgan fingerprint density at radius 2 is 1.86 bits per heavy atom. The second-order valence-electron chi connectivity index (χ2n) is 13.2. The Bertz CT molecular complexity index is 1840. The second-order valence-corrected chi connectivity index (χ2v) is 15.1. The van der Waals surface area contributed by atoms with Crippen molar-refractivity contribution >= 4 is 43.8 Å². The van der Waals surface area contributed by atoms with E-state index in [-0.39, 0.29) is 34.7 Å². The van der Waals surface area contributed by atoms with Gasteiger partial charge in [0, 0.05) is 50.1 Å². The van der Waals surface area contributed by atoms with Gasteiger partial charge in [-0.05, 0) is 88.6 Å². The topological polar surface area (TPSA) is 116 Å². The van der Waals surface area contributed by atoms with Crippen molar-refractivity contribution in [1.82, 2.24) is 24.0 Å². The molecule has 0 radical (unpaired) electrons. The van der Waals surface area contributed by atoms with Gasteiger partial charge in [-0.1, -0.05) is 0 Å². The molecule has 1 saturated heterocycles. The Morgan fingerprint density at radius 3 is 2.56 bits per heavy atom. The van der Waals surface area contributed by atoms with Gasteiger partial charge in [-0.15, -0.1) is 0 Å². The molecular weight excluding hydrogens is 566 g/mol. The standard InChI is InChI=1S/C32H39N5O5S/c1-32(2,3)42-27(38)14-21-8-7-13-36(18-21)31(39)23-15-24-28(26(17-23)43(5,40)41)35(4)30(34-24)25-16-22-9-6-12-33-29(22)37(25)19-20-10-11-20/h6,9,12,15-17,20-21H,7-8,10-11,13-14,18-19H2,1-5H3/t21-/m0/s1. The number of carbonyl (C=O) groups is 2. The molecule has 0 spiro atoms. The maximum Gasteiger partial charge on any atom is 0.306 e. The van der Waals surface area contributed by atoms with Gasteiger partial charge in [0.15, 0.2) is 15.7 Å². The zero-order valence-corrected chi connectivity index (χ0v) is 26.3. The molecule has 1 aromatic carbocycles. The van der Waals surface area contributed by atoms with Crippen LogP contribution in [0.3, 0.4) is 0 Å². The number of aryl methyl sites for hydroxylation is 1. The number of esters is 1. The van der Waals surface area contributed by atoms with Crippen molar-refractivity contribution in [3.8, 4) is 11.5 Å². The SMILES string of the molecule is Cn1c(-c2cc3cccnc3n2CC2CC2)nc2cc(C(=O)N3CCC[C@@H](CC(=O)OC(C)(C)C)C3)cc(S(C)(=O)=O)c21. The van der Waals surface area contributed by atoms with Crippen LogP contribution in [0, 0.1) is 11.8 Å². The number of benzene rings is 1. The van der Waals surface area contributed by atoms with Crippen LogP contribution < -0.4 is 0 Å². The third kappa shape index (κ3) is 6.04. The zero-order chi connectivity index (χ0) is 30.7. The first-order valence-electron chi connectivity index (χ1n) is 14.9. The normalized spacial score (nSPS) is 18.0. The van der Waals surface area contributed by atoms with Crippen molar-refractivity contribution in [2.75, 3.05) is 19.3 Å². The zero-order valence-electron chi connectivity index (χ0n) is 25.5. The summed E-state index contributed by atoms with van der Waals surface area (Å²) in [6, 6.07) is 9.15. The van der Waals surface area contributed by atoms with E-state index in [0.717, 1.165) is 42.4 Å². The Morgan fingerprint density at radius 1 is 1.09 bits per heavy atom. The molecule has 1 saturated carbocycles. The Hall–Kier alpha value is -3.73. The molecule has 0 bridgehead atoms. The molecule has 4 heterocycles. The summed E-state index contributed by atoms with van der Waals surface area (Å²) in [5.41, 5.74) is 2.36. The summed E-state index contributed by atoms with van der Waals surface area (Å²) in [5.74, 6) is 0.654. The van der Waals surface area contributed by atoms with Gasteiger partial charge in [0.1, 0.15) is 11.2 Å². The number of piperidine rings is 1. The van der Waals surface area contributed by atoms with Gasteiger partial charge in [0.25, 0.3) is 5.91 Å². The largest absolute Gasteiger partial charge is 0.460 e. The Labute approximate surface area is 252 Å². The number of ether oxygens (including phenoxy) is 1. The molecule has 1 amide bonds. The molecule has 1 aliphatic carbocycles. The first-order valence-corrected chi connectivity index (χ1v) is 16.8. The van der Waals surface area contributed by atoms with E-state index in [2.05, 4.69) is 15.6 Å². The number of pyridine rings is 1. The summed E-state index contributed by atoms with van der Waals surface area (Å²) >= 11 is 0. The average Bonchev–Trinajstić information content (AvgIpc) is 3.60. The highest BCUT2D eigenvalue weighted by molar-refractivity contribution is 7.91. The number of fused-ring (bicyclic) bond motifs is 2. The molecule has 0 unspecified atom stereocenters. The monoisotopic (exact) mass is 605 g/mol. The fraction of sp³-hybridized carbons (Fsp3) is 0.500. The van der Waals surface area contributed by atoms with Crippen molar-refractivity contribution in [2.45, 2.75) is 69.9 Å². The Kier molecular flexibility index (Phi) is 7.35. The molecule has 2 fully saturated rings. The lowest BCUT2D eigenvalue weighted by Gasteiger charge is -2.33. The van der Waals surface area contributed by atoms with Crippen LogP contribution in [0.25, 0.3) is 33.6 Å². The number of aromatic nitrogens is 4. The second kappa shape index (κ2) is 10.8. The molecule has 1 atom stereocenters. The van der Waals surface area contributed by atoms with Crippen molar-refractivity contribution in [1.29, 1.82) is 0 Å². The summed E-state index contributed by atoms with van der Waals surface area (Å²) < 4.78 is 35.7. The number of amides is 1. The van der Waals surface area contributed by atoms with Crippen molar-refractivity contribution in [3.63, 3.8) is 0 Å². The summed E-state index contributed by atoms with van der Waals surface area (Å²) in [6.07, 6.45) is 7.11. The van der Waals surface area contributed by atoms with E-state index in [9.17, 15) is 18.0 Å². The number of rotatable bonds is 7. The molecule has 4 aromatic rings. The lowest BCUT2D eigenvalue weighted by atomic mass is 9.94. The smallest absolute Gasteiger partial charge is 0.306 e. The Balaban J connectivity index is 1.37. The number of hydrogen-bond acceptors (Lipinski definition) is 7. The molecule has 1 aliphatic heterocycles. The molecule has 228 valence electrons. The fourth-order valence-electron chi connectivity index (χ4n) is 6.18. The third-order valence-corrected chi connectivity index (χ3v) is 9.39. The first-order chi connectivity index (χ1) is 20.3. The minimum Gasteiger partial charge on any atom is -0.460 e. The van der Waals surface area contributed by atoms with Crippen LogP contribution in [0.2, 0.25) is 0 Å². The number of nitrogens with zero attached hydrogens (tertiary/aromatic N) is 5. The molecule has 10 nitrogen and oxygen atoms in total. The quantitative estimate of drug-likeness (QED) is 0.273. The lowest BCUT2D eigenvalue weighted by molar-refractivity contribution is -0.156. The predicted octanol–water partition coefficient (Wildman–Crippen LogP) is 4.99. The maximum absolute atomic E-state index is 13.8. The van der Waals surface area contributed by atoms with E-state index in [1.165, 1.54) is 18.9 Å². The summed E-state index contributed by atoms with van der Waals surface area (Å²) in [6.45, 7) is 7.28. The van der Waals surface area contributed by atoms with Gasteiger partial charge >= 0.3 is 5.97 Å². The highest BCUT2D eigenvalue weighted by Gasteiger charge is 2.31. The molecule has 11 heteroatoms. The van der Waals surface area contributed by atoms with E-state index in [4.69, 9.17) is 9.72 Å². The molecule has 6 rings (SSSR count). The van der Waals surface area contributed by atoms with Crippen molar-refractivity contribution in [3.05, 3.63) is 42.1 Å². The number of hydrogen-bond donors (Lipinski definition) is 0. The molecule has 43 heavy (non-hydrogen) atoms. The number of carbonyl (C=O) groups excluding carboxylic acids is 2. The molecule has 0 N–H and O–H groups in total. The lowest BCUT2D eigenvalue weighted by Crippen LogP contribution is -2.41. The van der Waals surface area contributed by atoms with Gasteiger partial charge < -0.3 is 18.8 Å². The first kappa shape index (κ1) is 29.3. The number of imidazole rings is 1. The van der Waals surface area contributed by atoms with Crippen LogP contribution in [0.15, 0.2) is 41.4 Å². The van der Waals surface area contributed by atoms with E-state index >= 15 is 0 Å². The van der Waals surface area contributed by atoms with E-state index in [1.807, 2.05) is 44.5 Å². The molecule has 3 aromatic heterocycles. The summed E-state index contributed by atoms with van der Waals surface area (Å²) in [5, 5.41) is 0.996. The van der Waals surface area contributed by atoms with Crippen LogP contribution in [0.4, 0.5) is 0 Å². The number of sulfone groups is 1.